The summed E-state index contributed by atoms with van der Waals surface area (Å²) < 4.78 is 10.8. The van der Waals surface area contributed by atoms with Gasteiger partial charge in [0.1, 0.15) is 11.8 Å². The van der Waals surface area contributed by atoms with Crippen LogP contribution < -0.4 is 31.3 Å². The van der Waals surface area contributed by atoms with Crippen molar-refractivity contribution in [3.05, 3.63) is 101 Å². The Labute approximate surface area is 307 Å². The van der Waals surface area contributed by atoms with Crippen molar-refractivity contribution in [3.63, 3.8) is 0 Å². The molecule has 1 aliphatic carbocycles. The highest BCUT2D eigenvalue weighted by atomic mass is 16.5. The number of nitrogens with one attached hydrogen (secondary N) is 5. The second kappa shape index (κ2) is 17.7. The lowest BCUT2D eigenvalue weighted by Gasteiger charge is -2.44. The van der Waals surface area contributed by atoms with Crippen LogP contribution in [0, 0.1) is 5.41 Å². The maximum atomic E-state index is 14.3. The normalized spacial score (nSPS) is 17.3. The van der Waals surface area contributed by atoms with E-state index in [4.69, 9.17) is 9.47 Å². The zero-order valence-electron chi connectivity index (χ0n) is 30.8. The number of carbonyl (C=O) groups excluding carboxylic acids is 4. The van der Waals surface area contributed by atoms with Gasteiger partial charge in [-0.15, -0.1) is 0 Å². The molecular formula is C41H53N5O6. The number of carbonyl (C=O) groups is 4. The molecule has 3 atom stereocenters. The lowest BCUT2D eigenvalue weighted by atomic mass is 9.87. The number of rotatable bonds is 16. The van der Waals surface area contributed by atoms with E-state index in [0.29, 0.717) is 30.7 Å². The number of methoxy groups -OCH3 is 1. The van der Waals surface area contributed by atoms with Crippen LogP contribution in [0.4, 0.5) is 0 Å². The third-order valence-corrected chi connectivity index (χ3v) is 9.58. The van der Waals surface area contributed by atoms with Crippen LogP contribution in [0.25, 0.3) is 0 Å². The number of aryl methyl sites for hydroxylation is 2. The van der Waals surface area contributed by atoms with Gasteiger partial charge in [-0.1, -0.05) is 75.4 Å². The minimum atomic E-state index is -1.01. The molecule has 1 aliphatic heterocycles. The standard InChI is InChI=1S/C41H53N5O6/c1-40(2,3)24-42-36(47)23-35(46-41(26-52-27-41)25-43-37(48)30-18-20-31(51-4)21-19-30)39(50)45-34(22-17-28-11-6-5-7-12-28)38(49)44-33-16-10-14-29-13-8-9-15-32(29)33/h5-9,11-13,15,18-21,33-35,46H,10,14,16-17,22-27H2,1-4H3,(H,42,47)(H,43,48)(H,44,49)(H,45,50)/t33-,34?,35?/m1/s1. The molecule has 11 nitrogen and oxygen atoms in total. The molecule has 0 radical (unpaired) electrons. The second-order valence-electron chi connectivity index (χ2n) is 15.2. The Morgan fingerprint density at radius 2 is 1.60 bits per heavy atom. The Morgan fingerprint density at radius 3 is 2.27 bits per heavy atom. The van der Waals surface area contributed by atoms with Gasteiger partial charge < -0.3 is 30.7 Å². The molecule has 3 aromatic carbocycles. The first-order chi connectivity index (χ1) is 24.9. The zero-order chi connectivity index (χ0) is 37.1. The van der Waals surface area contributed by atoms with Crippen LogP contribution in [0.3, 0.4) is 0 Å². The summed E-state index contributed by atoms with van der Waals surface area (Å²) in [4.78, 5) is 54.6. The molecule has 1 heterocycles. The predicted octanol–water partition coefficient (Wildman–Crippen LogP) is 4.02. The molecular weight excluding hydrogens is 658 g/mol. The highest BCUT2D eigenvalue weighted by molar-refractivity contribution is 5.94. The highest BCUT2D eigenvalue weighted by Gasteiger charge is 2.43. The summed E-state index contributed by atoms with van der Waals surface area (Å²) in [6, 6.07) is 22.7. The Bertz CT molecular complexity index is 1670. The summed E-state index contributed by atoms with van der Waals surface area (Å²) in [5, 5.41) is 15.5. The molecule has 0 saturated carbocycles. The number of hydrogen-bond acceptors (Lipinski definition) is 7. The van der Waals surface area contributed by atoms with E-state index in [1.165, 1.54) is 5.56 Å². The molecule has 2 unspecified atom stereocenters. The molecule has 11 heteroatoms. The molecule has 0 spiro atoms. The third-order valence-electron chi connectivity index (χ3n) is 9.58. The number of benzene rings is 3. The average Bonchev–Trinajstić information content (AvgIpc) is 3.13. The van der Waals surface area contributed by atoms with Gasteiger partial charge in [-0.05, 0) is 78.5 Å². The van der Waals surface area contributed by atoms with Crippen molar-refractivity contribution >= 4 is 23.6 Å². The monoisotopic (exact) mass is 711 g/mol. The number of amides is 4. The molecule has 1 fully saturated rings. The van der Waals surface area contributed by atoms with Crippen LogP contribution in [0.5, 0.6) is 5.75 Å². The summed E-state index contributed by atoms with van der Waals surface area (Å²) in [7, 11) is 1.56. The third kappa shape index (κ3) is 10.9. The first-order valence-electron chi connectivity index (χ1n) is 18.2. The van der Waals surface area contributed by atoms with E-state index in [9.17, 15) is 19.2 Å². The van der Waals surface area contributed by atoms with Crippen molar-refractivity contribution in [1.29, 1.82) is 0 Å². The lowest BCUT2D eigenvalue weighted by molar-refractivity contribution is -0.135. The van der Waals surface area contributed by atoms with Crippen molar-refractivity contribution in [1.82, 2.24) is 26.6 Å². The maximum Gasteiger partial charge on any atom is 0.251 e. The van der Waals surface area contributed by atoms with Gasteiger partial charge in [-0.3, -0.25) is 24.5 Å². The van der Waals surface area contributed by atoms with E-state index in [1.807, 2.05) is 63.2 Å². The SMILES string of the molecule is COc1ccc(C(=O)NCC2(NC(CC(=O)NCC(C)(C)C)C(=O)NC(CCc3ccccc3)C(=O)N[C@@H]3CCCc4ccccc43)COC2)cc1. The fraction of sp³-hybridized carbons (Fsp3) is 0.463. The molecule has 278 valence electrons. The van der Waals surface area contributed by atoms with Gasteiger partial charge in [0.15, 0.2) is 0 Å². The molecule has 1 saturated heterocycles. The quantitative estimate of drug-likeness (QED) is 0.151. The van der Waals surface area contributed by atoms with E-state index in [-0.39, 0.29) is 55.4 Å². The summed E-state index contributed by atoms with van der Waals surface area (Å²) in [5.74, 6) is -0.697. The molecule has 3 aromatic rings. The fourth-order valence-corrected chi connectivity index (χ4v) is 6.55. The van der Waals surface area contributed by atoms with Gasteiger partial charge in [0.05, 0.1) is 44.4 Å². The molecule has 5 N–H and O–H groups in total. The topological polar surface area (TPSA) is 147 Å². The molecule has 52 heavy (non-hydrogen) atoms. The minimum absolute atomic E-state index is 0.157. The molecule has 0 bridgehead atoms. The van der Waals surface area contributed by atoms with Crippen LogP contribution >= 0.6 is 0 Å². The fourth-order valence-electron chi connectivity index (χ4n) is 6.55. The van der Waals surface area contributed by atoms with Gasteiger partial charge in [0, 0.05) is 18.7 Å². The van der Waals surface area contributed by atoms with Crippen LogP contribution in [-0.4, -0.2) is 74.7 Å². The van der Waals surface area contributed by atoms with Crippen LogP contribution in [0.1, 0.15) is 79.5 Å². The van der Waals surface area contributed by atoms with E-state index in [0.717, 1.165) is 30.4 Å². The van der Waals surface area contributed by atoms with Crippen molar-refractivity contribution in [2.45, 2.75) is 83.0 Å². The van der Waals surface area contributed by atoms with Crippen LogP contribution in [0.15, 0.2) is 78.9 Å². The van der Waals surface area contributed by atoms with E-state index in [2.05, 4.69) is 38.7 Å². The van der Waals surface area contributed by atoms with E-state index >= 15 is 0 Å². The van der Waals surface area contributed by atoms with Gasteiger partial charge in [-0.25, -0.2) is 0 Å². The van der Waals surface area contributed by atoms with E-state index < -0.39 is 23.5 Å². The molecule has 5 rings (SSSR count). The van der Waals surface area contributed by atoms with Gasteiger partial charge in [0.2, 0.25) is 17.7 Å². The largest absolute Gasteiger partial charge is 0.497 e. The number of ether oxygens (including phenoxy) is 2. The predicted molar refractivity (Wildman–Crippen MR) is 200 cm³/mol. The van der Waals surface area contributed by atoms with E-state index in [1.54, 1.807) is 31.4 Å². The molecule has 0 aromatic heterocycles. The summed E-state index contributed by atoms with van der Waals surface area (Å²) >= 11 is 0. The Hall–Kier alpha value is -4.74. The van der Waals surface area contributed by atoms with Gasteiger partial charge >= 0.3 is 0 Å². The van der Waals surface area contributed by atoms with Crippen LogP contribution in [0.2, 0.25) is 0 Å². The first-order valence-corrected chi connectivity index (χ1v) is 18.2. The molecule has 2 aliphatic rings. The second-order valence-corrected chi connectivity index (χ2v) is 15.2. The van der Waals surface area contributed by atoms with Gasteiger partial charge in [-0.2, -0.15) is 0 Å². The Kier molecular flexibility index (Phi) is 13.1. The van der Waals surface area contributed by atoms with Crippen molar-refractivity contribution in [3.8, 4) is 5.75 Å². The lowest BCUT2D eigenvalue weighted by Crippen LogP contribution is -2.70. The zero-order valence-corrected chi connectivity index (χ0v) is 30.8. The summed E-state index contributed by atoms with van der Waals surface area (Å²) in [6.45, 7) is 7.08. The van der Waals surface area contributed by atoms with Crippen molar-refractivity contribution in [2.75, 3.05) is 33.4 Å². The van der Waals surface area contributed by atoms with Crippen molar-refractivity contribution in [2.24, 2.45) is 5.41 Å². The smallest absolute Gasteiger partial charge is 0.251 e. The Morgan fingerprint density at radius 1 is 0.885 bits per heavy atom. The number of hydrogen-bond donors (Lipinski definition) is 5. The Balaban J connectivity index is 1.33. The summed E-state index contributed by atoms with van der Waals surface area (Å²) in [5.41, 5.74) is 2.87. The maximum absolute atomic E-state index is 14.3. The van der Waals surface area contributed by atoms with Crippen LogP contribution in [-0.2, 0) is 32.0 Å². The average molecular weight is 712 g/mol. The van der Waals surface area contributed by atoms with Crippen molar-refractivity contribution < 1.29 is 28.7 Å². The minimum Gasteiger partial charge on any atom is -0.497 e. The number of fused-ring (bicyclic) bond motifs is 1. The summed E-state index contributed by atoms with van der Waals surface area (Å²) in [6.07, 6.45) is 3.50. The first kappa shape index (κ1) is 38.5. The molecule has 4 amide bonds. The highest BCUT2D eigenvalue weighted by Crippen LogP contribution is 2.29. The van der Waals surface area contributed by atoms with Gasteiger partial charge in [0.25, 0.3) is 5.91 Å².